The van der Waals surface area contributed by atoms with Gasteiger partial charge in [-0.2, -0.15) is 0 Å². The Kier molecular flexibility index (Phi) is 5.24. The van der Waals surface area contributed by atoms with Gasteiger partial charge < -0.3 is 0 Å². The Bertz CT molecular complexity index is 295. The Morgan fingerprint density at radius 2 is 2.12 bits per heavy atom. The zero-order valence-electron chi connectivity index (χ0n) is 11.5. The van der Waals surface area contributed by atoms with Gasteiger partial charge in [0.05, 0.1) is 0 Å². The number of allylic oxidation sites excluding steroid dienone is 2. The Balaban J connectivity index is 3.06. The van der Waals surface area contributed by atoms with Crippen molar-refractivity contribution in [1.29, 1.82) is 0 Å². The number of halogens is 1. The first-order chi connectivity index (χ1) is 8.00. The normalized spacial score (nSPS) is 33.8. The molecule has 0 aliphatic heterocycles. The molecule has 0 amide bonds. The summed E-state index contributed by atoms with van der Waals surface area (Å²) in [6.45, 7) is 8.43. The third-order valence-corrected chi connectivity index (χ3v) is 4.66. The van der Waals surface area contributed by atoms with Crippen molar-refractivity contribution in [2.45, 2.75) is 47.0 Å². The van der Waals surface area contributed by atoms with E-state index < -0.39 is 0 Å². The summed E-state index contributed by atoms with van der Waals surface area (Å²) < 4.78 is 0. The van der Waals surface area contributed by atoms with Crippen molar-refractivity contribution >= 4 is 17.4 Å². The van der Waals surface area contributed by atoms with Crippen LogP contribution in [0.25, 0.3) is 0 Å². The largest absolute Gasteiger partial charge is 0.299 e. The van der Waals surface area contributed by atoms with Crippen molar-refractivity contribution in [3.05, 3.63) is 12.2 Å². The van der Waals surface area contributed by atoms with Gasteiger partial charge in [-0.25, -0.2) is 0 Å². The van der Waals surface area contributed by atoms with Crippen molar-refractivity contribution in [3.63, 3.8) is 0 Å². The number of ketones is 1. The lowest BCUT2D eigenvalue weighted by Crippen LogP contribution is -2.41. The fourth-order valence-electron chi connectivity index (χ4n) is 3.54. The molecule has 3 atom stereocenters. The van der Waals surface area contributed by atoms with E-state index in [1.165, 1.54) is 0 Å². The molecule has 2 heteroatoms. The van der Waals surface area contributed by atoms with Crippen LogP contribution in [0.15, 0.2) is 12.2 Å². The molecule has 0 radical (unpaired) electrons. The highest BCUT2D eigenvalue weighted by atomic mass is 35.5. The van der Waals surface area contributed by atoms with Crippen LogP contribution in [0, 0.1) is 23.2 Å². The highest BCUT2D eigenvalue weighted by Crippen LogP contribution is 2.52. The van der Waals surface area contributed by atoms with Crippen LogP contribution in [-0.2, 0) is 4.79 Å². The van der Waals surface area contributed by atoms with Crippen LogP contribution in [0.3, 0.4) is 0 Å². The molecule has 1 saturated carbocycles. The summed E-state index contributed by atoms with van der Waals surface area (Å²) in [5.41, 5.74) is -0.142. The zero-order chi connectivity index (χ0) is 13.1. The molecule has 0 aromatic rings. The van der Waals surface area contributed by atoms with Gasteiger partial charge in [0.2, 0.25) is 0 Å². The predicted molar refractivity (Wildman–Crippen MR) is 74.3 cm³/mol. The third-order valence-electron chi connectivity index (χ3n) is 4.48. The average Bonchev–Trinajstić information content (AvgIpc) is 2.63. The first-order valence-corrected chi connectivity index (χ1v) is 7.31. The van der Waals surface area contributed by atoms with Gasteiger partial charge in [-0.05, 0) is 31.1 Å². The fourth-order valence-corrected chi connectivity index (χ4v) is 3.64. The van der Waals surface area contributed by atoms with E-state index in [0.717, 1.165) is 19.3 Å². The van der Waals surface area contributed by atoms with Crippen LogP contribution in [-0.4, -0.2) is 11.7 Å². The average molecular weight is 257 g/mol. The Morgan fingerprint density at radius 1 is 1.47 bits per heavy atom. The van der Waals surface area contributed by atoms with Gasteiger partial charge in [0, 0.05) is 17.2 Å². The minimum Gasteiger partial charge on any atom is -0.299 e. The first kappa shape index (κ1) is 14.8. The lowest BCUT2D eigenvalue weighted by atomic mass is 9.65. The number of rotatable bonds is 5. The highest BCUT2D eigenvalue weighted by molar-refractivity contribution is 6.18. The molecule has 0 unspecified atom stereocenters. The number of carbonyl (C=O) groups excluding carboxylic acids is 1. The molecule has 1 fully saturated rings. The lowest BCUT2D eigenvalue weighted by molar-refractivity contribution is -0.135. The van der Waals surface area contributed by atoms with Gasteiger partial charge in [0.15, 0.2) is 0 Å². The summed E-state index contributed by atoms with van der Waals surface area (Å²) in [5, 5.41) is 0. The minimum absolute atomic E-state index is 0.127. The second-order valence-electron chi connectivity index (χ2n) is 5.58. The lowest BCUT2D eigenvalue weighted by Gasteiger charge is -2.37. The van der Waals surface area contributed by atoms with E-state index in [0.29, 0.717) is 23.5 Å². The maximum absolute atomic E-state index is 12.6. The highest BCUT2D eigenvalue weighted by Gasteiger charge is 2.51. The molecular weight excluding hydrogens is 232 g/mol. The number of carbonyl (C=O) groups is 1. The molecule has 0 aromatic carbocycles. The molecule has 1 nitrogen and oxygen atoms in total. The van der Waals surface area contributed by atoms with Crippen LogP contribution in [0.5, 0.6) is 0 Å². The molecule has 17 heavy (non-hydrogen) atoms. The molecular formula is C15H25ClO. The Hall–Kier alpha value is -0.300. The standard InChI is InChI=1S/C15H25ClO/c1-5-15(14(17)11(2)3)12(4)8-9-13(15)7-6-10-16/h6-7,11-13H,5,8-10H2,1-4H3/b7-6-/t12-,13+,15+/m1/s1. The van der Waals surface area contributed by atoms with E-state index in [-0.39, 0.29) is 11.3 Å². The summed E-state index contributed by atoms with van der Waals surface area (Å²) in [6, 6.07) is 0. The van der Waals surface area contributed by atoms with Gasteiger partial charge in [-0.3, -0.25) is 4.79 Å². The molecule has 1 aliphatic rings. The summed E-state index contributed by atoms with van der Waals surface area (Å²) >= 11 is 5.72. The summed E-state index contributed by atoms with van der Waals surface area (Å²) in [5.74, 6) is 1.99. The molecule has 0 heterocycles. The summed E-state index contributed by atoms with van der Waals surface area (Å²) in [4.78, 5) is 12.6. The van der Waals surface area contributed by atoms with Gasteiger partial charge >= 0.3 is 0 Å². The van der Waals surface area contributed by atoms with E-state index in [9.17, 15) is 4.79 Å². The summed E-state index contributed by atoms with van der Waals surface area (Å²) in [7, 11) is 0. The summed E-state index contributed by atoms with van der Waals surface area (Å²) in [6.07, 6.45) is 7.41. The van der Waals surface area contributed by atoms with Crippen LogP contribution in [0.1, 0.15) is 47.0 Å². The molecule has 0 spiro atoms. The Labute approximate surface area is 111 Å². The molecule has 0 N–H and O–H groups in total. The molecule has 0 saturated heterocycles. The zero-order valence-corrected chi connectivity index (χ0v) is 12.3. The second-order valence-corrected chi connectivity index (χ2v) is 5.89. The van der Waals surface area contributed by atoms with Crippen LogP contribution in [0.4, 0.5) is 0 Å². The molecule has 98 valence electrons. The first-order valence-electron chi connectivity index (χ1n) is 6.77. The van der Waals surface area contributed by atoms with Crippen molar-refractivity contribution in [3.8, 4) is 0 Å². The van der Waals surface area contributed by atoms with Crippen LogP contribution >= 0.6 is 11.6 Å². The fraction of sp³-hybridized carbons (Fsp3) is 0.800. The van der Waals surface area contributed by atoms with Gasteiger partial charge in [-0.15, -0.1) is 11.6 Å². The quantitative estimate of drug-likeness (QED) is 0.525. The number of alkyl halides is 1. The number of hydrogen-bond acceptors (Lipinski definition) is 1. The number of Topliss-reactive ketones (excluding diaryl/α,β-unsaturated/α-hetero) is 1. The van der Waals surface area contributed by atoms with Crippen molar-refractivity contribution in [2.75, 3.05) is 5.88 Å². The maximum Gasteiger partial charge on any atom is 0.142 e. The molecule has 0 aromatic heterocycles. The van der Waals surface area contributed by atoms with E-state index in [2.05, 4.69) is 19.9 Å². The molecule has 1 rings (SSSR count). The Morgan fingerprint density at radius 3 is 2.59 bits per heavy atom. The monoisotopic (exact) mass is 256 g/mol. The maximum atomic E-state index is 12.6. The van der Waals surface area contributed by atoms with Crippen molar-refractivity contribution in [1.82, 2.24) is 0 Å². The van der Waals surface area contributed by atoms with Crippen LogP contribution < -0.4 is 0 Å². The van der Waals surface area contributed by atoms with E-state index >= 15 is 0 Å². The van der Waals surface area contributed by atoms with Gasteiger partial charge in [0.1, 0.15) is 5.78 Å². The minimum atomic E-state index is -0.142. The SMILES string of the molecule is CC[C@]1(C(=O)C(C)C)[C@H](C)CC[C@@H]1/C=C\CCl. The van der Waals surface area contributed by atoms with Crippen LogP contribution in [0.2, 0.25) is 0 Å². The smallest absolute Gasteiger partial charge is 0.142 e. The van der Waals surface area contributed by atoms with E-state index in [1.54, 1.807) is 0 Å². The molecule has 1 aliphatic carbocycles. The van der Waals surface area contributed by atoms with E-state index in [1.807, 2.05) is 19.9 Å². The van der Waals surface area contributed by atoms with Gasteiger partial charge in [0.25, 0.3) is 0 Å². The van der Waals surface area contributed by atoms with Crippen molar-refractivity contribution in [2.24, 2.45) is 23.2 Å². The second kappa shape index (κ2) is 6.04. The van der Waals surface area contributed by atoms with E-state index in [4.69, 9.17) is 11.6 Å². The topological polar surface area (TPSA) is 17.1 Å². The van der Waals surface area contributed by atoms with Gasteiger partial charge in [-0.1, -0.05) is 39.8 Å². The number of hydrogen-bond donors (Lipinski definition) is 0. The predicted octanol–water partition coefficient (Wildman–Crippen LogP) is 4.45. The third kappa shape index (κ3) is 2.59. The van der Waals surface area contributed by atoms with Crippen molar-refractivity contribution < 1.29 is 4.79 Å². The molecule has 0 bridgehead atoms.